The van der Waals surface area contributed by atoms with Crippen LogP contribution in [0.15, 0.2) is 52.6 Å². The maximum atomic E-state index is 13.2. The minimum absolute atomic E-state index is 0.0164. The van der Waals surface area contributed by atoms with Gasteiger partial charge in [0.25, 0.3) is 0 Å². The molecule has 7 nitrogen and oxygen atoms in total. The fourth-order valence-corrected chi connectivity index (χ4v) is 5.57. The Balaban J connectivity index is 1.75. The summed E-state index contributed by atoms with van der Waals surface area (Å²) < 4.78 is 5.50. The van der Waals surface area contributed by atoms with Crippen molar-refractivity contribution in [2.24, 2.45) is 17.8 Å². The van der Waals surface area contributed by atoms with Gasteiger partial charge in [0.05, 0.1) is 18.9 Å². The highest BCUT2D eigenvalue weighted by molar-refractivity contribution is 6.23. The Hall–Kier alpha value is -3.48. The van der Waals surface area contributed by atoms with Crippen LogP contribution >= 0.6 is 0 Å². The number of ether oxygens (including phenoxy) is 1. The maximum absolute atomic E-state index is 13.2. The standard InChI is InChI=1S/C24H21NO6/c1-10-7-17(27)16-9-15-12(5-6-14-20(15)24(30)25-23(14)29)19(21(16)22(10)28)13-4-3-11(26)8-18(13)31-2/h3-5,7-8,14-15,19-20,26H,6,9H2,1-2H3,(H,25,29,30)/t14-,15+,19+,20-/m0/s1. The van der Waals surface area contributed by atoms with Crippen molar-refractivity contribution in [1.29, 1.82) is 0 Å². The van der Waals surface area contributed by atoms with Gasteiger partial charge >= 0.3 is 0 Å². The lowest BCUT2D eigenvalue weighted by Crippen LogP contribution is -2.39. The predicted molar refractivity (Wildman–Crippen MR) is 109 cm³/mol. The minimum Gasteiger partial charge on any atom is -0.508 e. The van der Waals surface area contributed by atoms with Crippen molar-refractivity contribution in [3.8, 4) is 11.5 Å². The van der Waals surface area contributed by atoms with Crippen LogP contribution in [0.5, 0.6) is 11.5 Å². The van der Waals surface area contributed by atoms with Gasteiger partial charge in [0.2, 0.25) is 11.8 Å². The number of ketones is 2. The molecule has 1 fully saturated rings. The third kappa shape index (κ3) is 2.72. The highest BCUT2D eigenvalue weighted by atomic mass is 16.5. The normalized spacial score (nSPS) is 29.6. The van der Waals surface area contributed by atoms with Crippen molar-refractivity contribution < 1.29 is 29.0 Å². The van der Waals surface area contributed by atoms with Gasteiger partial charge in [-0.15, -0.1) is 0 Å². The van der Waals surface area contributed by atoms with Crippen LogP contribution in [0.1, 0.15) is 31.2 Å². The van der Waals surface area contributed by atoms with Crippen LogP contribution in [0, 0.1) is 17.8 Å². The molecule has 1 heterocycles. The molecule has 0 bridgehead atoms. The van der Waals surface area contributed by atoms with E-state index in [2.05, 4.69) is 5.32 Å². The van der Waals surface area contributed by atoms with Crippen LogP contribution in [0.25, 0.3) is 0 Å². The molecule has 5 rings (SSSR count). The largest absolute Gasteiger partial charge is 0.508 e. The third-order valence-corrected chi connectivity index (χ3v) is 6.94. The molecule has 1 aromatic carbocycles. The lowest BCUT2D eigenvalue weighted by Gasteiger charge is -2.42. The number of nitrogens with one attached hydrogen (secondary N) is 1. The summed E-state index contributed by atoms with van der Waals surface area (Å²) in [6.45, 7) is 1.62. The zero-order chi connectivity index (χ0) is 22.0. The number of phenolic OH excluding ortho intramolecular Hbond substituents is 1. The Morgan fingerprint density at radius 1 is 1.10 bits per heavy atom. The molecule has 158 valence electrons. The van der Waals surface area contributed by atoms with E-state index in [-0.39, 0.29) is 41.5 Å². The first kappa shape index (κ1) is 19.5. The number of rotatable bonds is 2. The second-order valence-corrected chi connectivity index (χ2v) is 8.51. The SMILES string of the molecule is COc1cc(O)ccc1[C@H]1C2=CC[C@@H]3C(=O)NC(=O)[C@@H]3[C@@H]2CC2=C1C(=O)C(C)=CC2=O. The van der Waals surface area contributed by atoms with Crippen LogP contribution in [0.4, 0.5) is 0 Å². The molecule has 0 radical (unpaired) electrons. The van der Waals surface area contributed by atoms with Crippen molar-refractivity contribution in [2.75, 3.05) is 7.11 Å². The number of imide groups is 1. The lowest BCUT2D eigenvalue weighted by molar-refractivity contribution is -0.126. The highest BCUT2D eigenvalue weighted by Gasteiger charge is 2.53. The first-order valence-corrected chi connectivity index (χ1v) is 10.2. The molecule has 31 heavy (non-hydrogen) atoms. The van der Waals surface area contributed by atoms with Gasteiger partial charge in [0.1, 0.15) is 11.5 Å². The summed E-state index contributed by atoms with van der Waals surface area (Å²) in [5.41, 5.74) is 2.66. The Morgan fingerprint density at radius 2 is 1.87 bits per heavy atom. The zero-order valence-corrected chi connectivity index (χ0v) is 17.1. The second-order valence-electron chi connectivity index (χ2n) is 8.51. The molecule has 3 aliphatic carbocycles. The Kier molecular flexibility index (Phi) is 4.25. The number of hydrogen-bond acceptors (Lipinski definition) is 6. The van der Waals surface area contributed by atoms with E-state index >= 15 is 0 Å². The smallest absolute Gasteiger partial charge is 0.231 e. The van der Waals surface area contributed by atoms with Gasteiger partial charge in [-0.25, -0.2) is 0 Å². The Bertz CT molecular complexity index is 1170. The molecule has 0 saturated carbocycles. The number of Topliss-reactive ketones (excluding diaryl/α,β-unsaturated/α-hetero) is 1. The van der Waals surface area contributed by atoms with Gasteiger partial charge in [0.15, 0.2) is 11.6 Å². The summed E-state index contributed by atoms with van der Waals surface area (Å²) >= 11 is 0. The second kappa shape index (κ2) is 6.77. The number of aromatic hydroxyl groups is 1. The number of carbonyl (C=O) groups is 4. The van der Waals surface area contributed by atoms with Crippen LogP contribution in [-0.4, -0.2) is 35.6 Å². The number of amides is 2. The fraction of sp³-hybridized carbons (Fsp3) is 0.333. The highest BCUT2D eigenvalue weighted by Crippen LogP contribution is 2.55. The average Bonchev–Trinajstić information content (AvgIpc) is 3.04. The van der Waals surface area contributed by atoms with E-state index in [1.807, 2.05) is 6.08 Å². The molecule has 1 aliphatic heterocycles. The number of allylic oxidation sites excluding steroid dienone is 6. The summed E-state index contributed by atoms with van der Waals surface area (Å²) in [7, 11) is 1.47. The molecule has 1 aromatic rings. The topological polar surface area (TPSA) is 110 Å². The number of fused-ring (bicyclic) bond motifs is 3. The van der Waals surface area contributed by atoms with Crippen LogP contribution in [0.2, 0.25) is 0 Å². The van der Waals surface area contributed by atoms with Gasteiger partial charge in [-0.05, 0) is 37.8 Å². The van der Waals surface area contributed by atoms with Crippen LogP contribution in [0.3, 0.4) is 0 Å². The van der Waals surface area contributed by atoms with E-state index in [1.165, 1.54) is 25.3 Å². The van der Waals surface area contributed by atoms with Gasteiger partial charge in [-0.1, -0.05) is 17.7 Å². The van der Waals surface area contributed by atoms with E-state index in [4.69, 9.17) is 4.74 Å². The van der Waals surface area contributed by atoms with Crippen LogP contribution < -0.4 is 10.1 Å². The number of phenols is 1. The molecule has 0 aromatic heterocycles. The van der Waals surface area contributed by atoms with Gasteiger partial charge < -0.3 is 9.84 Å². The molecule has 4 atom stereocenters. The molecule has 7 heteroatoms. The Morgan fingerprint density at radius 3 is 2.61 bits per heavy atom. The number of carbonyl (C=O) groups excluding carboxylic acids is 4. The quantitative estimate of drug-likeness (QED) is 0.432. The van der Waals surface area contributed by atoms with Crippen molar-refractivity contribution >= 4 is 23.4 Å². The van der Waals surface area contributed by atoms with Crippen molar-refractivity contribution in [3.05, 3.63) is 58.2 Å². The minimum atomic E-state index is -0.589. The summed E-state index contributed by atoms with van der Waals surface area (Å²) in [5, 5.41) is 12.4. The fourth-order valence-electron chi connectivity index (χ4n) is 5.57. The molecule has 0 unspecified atom stereocenters. The molecule has 0 spiro atoms. The van der Waals surface area contributed by atoms with Crippen molar-refractivity contribution in [2.45, 2.75) is 25.7 Å². The van der Waals surface area contributed by atoms with E-state index < -0.39 is 17.8 Å². The van der Waals surface area contributed by atoms with Gasteiger partial charge in [-0.2, -0.15) is 0 Å². The first-order chi connectivity index (χ1) is 14.8. The third-order valence-electron chi connectivity index (χ3n) is 6.94. The van der Waals surface area contributed by atoms with Crippen molar-refractivity contribution in [3.63, 3.8) is 0 Å². The van der Waals surface area contributed by atoms with E-state index in [0.717, 1.165) is 5.57 Å². The lowest BCUT2D eigenvalue weighted by atomic mass is 9.59. The van der Waals surface area contributed by atoms with Gasteiger partial charge in [-0.3, -0.25) is 24.5 Å². The molecule has 2 N–H and O–H groups in total. The number of hydrogen-bond donors (Lipinski definition) is 2. The zero-order valence-electron chi connectivity index (χ0n) is 17.1. The van der Waals surface area contributed by atoms with Crippen molar-refractivity contribution in [1.82, 2.24) is 5.32 Å². The van der Waals surface area contributed by atoms with E-state index in [0.29, 0.717) is 34.5 Å². The summed E-state index contributed by atoms with van der Waals surface area (Å²) in [6.07, 6.45) is 3.93. The Labute approximate surface area is 178 Å². The molecule has 1 saturated heterocycles. The maximum Gasteiger partial charge on any atom is 0.231 e. The number of methoxy groups -OCH3 is 1. The molecular weight excluding hydrogens is 398 g/mol. The predicted octanol–water partition coefficient (Wildman–Crippen LogP) is 2.12. The number of benzene rings is 1. The van der Waals surface area contributed by atoms with E-state index in [9.17, 15) is 24.3 Å². The summed E-state index contributed by atoms with van der Waals surface area (Å²) in [6, 6.07) is 4.66. The summed E-state index contributed by atoms with van der Waals surface area (Å²) in [4.78, 5) is 51.1. The van der Waals surface area contributed by atoms with Gasteiger partial charge in [0, 0.05) is 34.3 Å². The summed E-state index contributed by atoms with van der Waals surface area (Å²) in [5.74, 6) is -2.63. The molecular formula is C24H21NO6. The monoisotopic (exact) mass is 419 g/mol. The average molecular weight is 419 g/mol. The van der Waals surface area contributed by atoms with Crippen LogP contribution in [-0.2, 0) is 19.2 Å². The molecule has 2 amide bonds. The first-order valence-electron chi connectivity index (χ1n) is 10.2. The van der Waals surface area contributed by atoms with E-state index in [1.54, 1.807) is 13.0 Å². The molecule has 4 aliphatic rings.